The molecule has 0 saturated carbocycles. The summed E-state index contributed by atoms with van der Waals surface area (Å²) in [6, 6.07) is 0.397. The van der Waals surface area contributed by atoms with Crippen molar-refractivity contribution < 1.29 is 14.2 Å². The molecule has 1 saturated heterocycles. The molecule has 0 aromatic rings. The first-order valence-corrected chi connectivity index (χ1v) is 5.70. The second kappa shape index (κ2) is 8.05. The number of hydrogen-bond donors (Lipinski definition) is 1. The summed E-state index contributed by atoms with van der Waals surface area (Å²) in [7, 11) is 1.72. The summed E-state index contributed by atoms with van der Waals surface area (Å²) in [6.07, 6.45) is 1.15. The zero-order chi connectivity index (χ0) is 10.9. The van der Waals surface area contributed by atoms with Crippen LogP contribution in [0.5, 0.6) is 0 Å². The van der Waals surface area contributed by atoms with Crippen LogP contribution < -0.4 is 5.32 Å². The lowest BCUT2D eigenvalue weighted by Crippen LogP contribution is -2.33. The van der Waals surface area contributed by atoms with Gasteiger partial charge in [-0.05, 0) is 13.3 Å². The predicted molar refractivity (Wildman–Crippen MR) is 59.1 cm³/mol. The molecule has 0 bridgehead atoms. The van der Waals surface area contributed by atoms with Crippen molar-refractivity contribution in [3.8, 4) is 0 Å². The van der Waals surface area contributed by atoms with Gasteiger partial charge in [-0.2, -0.15) is 0 Å². The molecule has 0 aromatic carbocycles. The maximum absolute atomic E-state index is 5.56. The van der Waals surface area contributed by atoms with Gasteiger partial charge in [-0.25, -0.2) is 0 Å². The minimum Gasteiger partial charge on any atom is -0.383 e. The van der Waals surface area contributed by atoms with E-state index in [-0.39, 0.29) is 0 Å². The Kier molecular flexibility index (Phi) is 6.92. The number of methoxy groups -OCH3 is 1. The monoisotopic (exact) mass is 217 g/mol. The first-order chi connectivity index (χ1) is 7.33. The molecule has 1 N–H and O–H groups in total. The zero-order valence-electron chi connectivity index (χ0n) is 9.83. The number of nitrogens with one attached hydrogen (secondary N) is 1. The van der Waals surface area contributed by atoms with Gasteiger partial charge >= 0.3 is 0 Å². The van der Waals surface area contributed by atoms with E-state index < -0.39 is 0 Å². The van der Waals surface area contributed by atoms with Gasteiger partial charge in [0.1, 0.15) is 0 Å². The third kappa shape index (κ3) is 6.10. The molecule has 1 rings (SSSR count). The molecular weight excluding hydrogens is 194 g/mol. The summed E-state index contributed by atoms with van der Waals surface area (Å²) in [4.78, 5) is 0. The number of ether oxygens (including phenoxy) is 3. The Morgan fingerprint density at radius 3 is 3.07 bits per heavy atom. The molecule has 1 aliphatic rings. The lowest BCUT2D eigenvalue weighted by atomic mass is 10.1. The zero-order valence-corrected chi connectivity index (χ0v) is 9.83. The maximum Gasteiger partial charge on any atom is 0.0613 e. The molecule has 0 radical (unpaired) electrons. The third-order valence-electron chi connectivity index (χ3n) is 2.53. The van der Waals surface area contributed by atoms with E-state index >= 15 is 0 Å². The van der Waals surface area contributed by atoms with E-state index in [4.69, 9.17) is 14.2 Å². The van der Waals surface area contributed by atoms with E-state index in [9.17, 15) is 0 Å². The Morgan fingerprint density at radius 1 is 1.53 bits per heavy atom. The largest absolute Gasteiger partial charge is 0.383 e. The summed E-state index contributed by atoms with van der Waals surface area (Å²) in [5.41, 5.74) is 0. The normalized spacial score (nSPS) is 23.2. The fourth-order valence-electron chi connectivity index (χ4n) is 1.65. The van der Waals surface area contributed by atoms with Crippen LogP contribution in [0.1, 0.15) is 13.3 Å². The quantitative estimate of drug-likeness (QED) is 0.606. The molecule has 15 heavy (non-hydrogen) atoms. The van der Waals surface area contributed by atoms with Crippen molar-refractivity contribution in [1.82, 2.24) is 5.32 Å². The second-order valence-electron chi connectivity index (χ2n) is 4.12. The van der Waals surface area contributed by atoms with E-state index in [1.807, 2.05) is 0 Å². The van der Waals surface area contributed by atoms with Crippen molar-refractivity contribution in [2.75, 3.05) is 46.7 Å². The average Bonchev–Trinajstić information content (AvgIpc) is 2.70. The third-order valence-corrected chi connectivity index (χ3v) is 2.53. The molecule has 1 aliphatic heterocycles. The molecule has 0 aliphatic carbocycles. The van der Waals surface area contributed by atoms with Gasteiger partial charge < -0.3 is 19.5 Å². The van der Waals surface area contributed by atoms with Crippen molar-refractivity contribution >= 4 is 0 Å². The lowest BCUT2D eigenvalue weighted by molar-refractivity contribution is 0.0876. The Hall–Kier alpha value is -0.160. The van der Waals surface area contributed by atoms with E-state index in [2.05, 4.69) is 12.2 Å². The molecular formula is C11H23NO3. The summed E-state index contributed by atoms with van der Waals surface area (Å²) in [5.74, 6) is 0.612. The summed E-state index contributed by atoms with van der Waals surface area (Å²) >= 11 is 0. The van der Waals surface area contributed by atoms with Crippen LogP contribution in [0, 0.1) is 5.92 Å². The Labute approximate surface area is 92.3 Å². The highest BCUT2D eigenvalue weighted by molar-refractivity contribution is 4.63. The molecule has 1 fully saturated rings. The van der Waals surface area contributed by atoms with Crippen LogP contribution in [0.3, 0.4) is 0 Å². The van der Waals surface area contributed by atoms with E-state index in [1.54, 1.807) is 7.11 Å². The van der Waals surface area contributed by atoms with Crippen LogP contribution in [0.4, 0.5) is 0 Å². The predicted octanol–water partition coefficient (Wildman–Crippen LogP) is 0.664. The average molecular weight is 217 g/mol. The fourth-order valence-corrected chi connectivity index (χ4v) is 1.65. The van der Waals surface area contributed by atoms with Gasteiger partial charge in [0.2, 0.25) is 0 Å². The van der Waals surface area contributed by atoms with Gasteiger partial charge in [-0.15, -0.1) is 0 Å². The molecule has 90 valence electrons. The molecule has 1 heterocycles. The van der Waals surface area contributed by atoms with Crippen LogP contribution >= 0.6 is 0 Å². The minimum atomic E-state index is 0.397. The van der Waals surface area contributed by atoms with Crippen LogP contribution in [0.25, 0.3) is 0 Å². The van der Waals surface area contributed by atoms with Crippen molar-refractivity contribution in [2.45, 2.75) is 19.4 Å². The molecule has 4 nitrogen and oxygen atoms in total. The lowest BCUT2D eigenvalue weighted by Gasteiger charge is -2.13. The van der Waals surface area contributed by atoms with E-state index in [0.29, 0.717) is 12.0 Å². The van der Waals surface area contributed by atoms with Gasteiger partial charge in [-0.1, -0.05) is 0 Å². The first-order valence-electron chi connectivity index (χ1n) is 5.70. The summed E-state index contributed by atoms with van der Waals surface area (Å²) < 4.78 is 15.9. The molecule has 4 heteroatoms. The van der Waals surface area contributed by atoms with Crippen molar-refractivity contribution in [3.63, 3.8) is 0 Å². The van der Waals surface area contributed by atoms with E-state index in [0.717, 1.165) is 46.0 Å². The first kappa shape index (κ1) is 12.9. The van der Waals surface area contributed by atoms with Crippen LogP contribution in [-0.2, 0) is 14.2 Å². The number of hydrogen-bond acceptors (Lipinski definition) is 4. The van der Waals surface area contributed by atoms with Gasteiger partial charge in [-0.3, -0.25) is 0 Å². The standard InChI is InChI=1S/C11H23NO3/c1-10(7-13-2)12-4-6-15-9-11-3-5-14-8-11/h10-12H,3-9H2,1-2H3. The highest BCUT2D eigenvalue weighted by Gasteiger charge is 2.15. The van der Waals surface area contributed by atoms with Gasteiger partial charge in [0.05, 0.1) is 26.4 Å². The highest BCUT2D eigenvalue weighted by Crippen LogP contribution is 2.11. The number of rotatable bonds is 8. The molecule has 2 atom stereocenters. The molecule has 0 amide bonds. The molecule has 0 spiro atoms. The van der Waals surface area contributed by atoms with Gasteiger partial charge in [0.15, 0.2) is 0 Å². The van der Waals surface area contributed by atoms with Gasteiger partial charge in [0, 0.05) is 32.2 Å². The summed E-state index contributed by atoms with van der Waals surface area (Å²) in [5, 5.41) is 3.33. The molecule has 2 unspecified atom stereocenters. The minimum absolute atomic E-state index is 0.397. The summed E-state index contributed by atoms with van der Waals surface area (Å²) in [6.45, 7) is 7.11. The maximum atomic E-state index is 5.56. The van der Waals surface area contributed by atoms with Crippen LogP contribution in [0.2, 0.25) is 0 Å². The fraction of sp³-hybridized carbons (Fsp3) is 1.00. The highest BCUT2D eigenvalue weighted by atomic mass is 16.5. The van der Waals surface area contributed by atoms with Crippen molar-refractivity contribution in [3.05, 3.63) is 0 Å². The van der Waals surface area contributed by atoms with Crippen LogP contribution in [0.15, 0.2) is 0 Å². The van der Waals surface area contributed by atoms with Crippen LogP contribution in [-0.4, -0.2) is 52.7 Å². The Bertz CT molecular complexity index is 149. The second-order valence-corrected chi connectivity index (χ2v) is 4.12. The smallest absolute Gasteiger partial charge is 0.0613 e. The Balaban J connectivity index is 1.84. The SMILES string of the molecule is COCC(C)NCCOCC1CCOC1. The van der Waals surface area contributed by atoms with Gasteiger partial charge in [0.25, 0.3) is 0 Å². The molecule has 0 aromatic heterocycles. The Morgan fingerprint density at radius 2 is 2.40 bits per heavy atom. The van der Waals surface area contributed by atoms with Crippen molar-refractivity contribution in [2.24, 2.45) is 5.92 Å². The van der Waals surface area contributed by atoms with Crippen molar-refractivity contribution in [1.29, 1.82) is 0 Å². The topological polar surface area (TPSA) is 39.7 Å². The van der Waals surface area contributed by atoms with E-state index in [1.165, 1.54) is 0 Å².